The Balaban J connectivity index is 2.03. The molecule has 0 aliphatic carbocycles. The van der Waals surface area contributed by atoms with Gasteiger partial charge in [0.25, 0.3) is 0 Å². The summed E-state index contributed by atoms with van der Waals surface area (Å²) in [5, 5.41) is 4.08. The molecule has 7 nitrogen and oxygen atoms in total. The summed E-state index contributed by atoms with van der Waals surface area (Å²) in [7, 11) is -3.38. The first kappa shape index (κ1) is 26.8. The molecule has 1 aromatic heterocycles. The van der Waals surface area contributed by atoms with Gasteiger partial charge in [0.05, 0.1) is 40.6 Å². The monoisotopic (exact) mass is 522 g/mol. The second-order valence-corrected chi connectivity index (χ2v) is 11.8. The summed E-state index contributed by atoms with van der Waals surface area (Å²) in [6.45, 7) is 8.41. The maximum atomic E-state index is 13.6. The molecule has 0 fully saturated rings. The van der Waals surface area contributed by atoms with Gasteiger partial charge in [0, 0.05) is 17.7 Å². The van der Waals surface area contributed by atoms with Gasteiger partial charge < -0.3 is 9.47 Å². The van der Waals surface area contributed by atoms with E-state index in [4.69, 9.17) is 21.1 Å². The van der Waals surface area contributed by atoms with Crippen molar-refractivity contribution in [3.8, 4) is 22.6 Å². The fourth-order valence-electron chi connectivity index (χ4n) is 3.13. The van der Waals surface area contributed by atoms with E-state index >= 15 is 0 Å². The number of aromatic nitrogens is 2. The zero-order chi connectivity index (χ0) is 26.0. The van der Waals surface area contributed by atoms with Crippen molar-refractivity contribution in [2.75, 3.05) is 19.5 Å². The molecule has 3 rings (SSSR count). The molecule has 3 aromatic rings. The van der Waals surface area contributed by atoms with Crippen LogP contribution in [0.15, 0.2) is 58.4 Å². The number of benzene rings is 2. The topological polar surface area (TPSA) is 87.5 Å². The predicted octanol–water partition coefficient (Wildman–Crippen LogP) is 4.93. The minimum atomic E-state index is -3.38. The fourth-order valence-corrected chi connectivity index (χ4v) is 3.94. The van der Waals surface area contributed by atoms with Crippen molar-refractivity contribution >= 4 is 21.4 Å². The number of nitrogens with zero attached hydrogens (tertiary/aromatic N) is 2. The van der Waals surface area contributed by atoms with Gasteiger partial charge in [0.2, 0.25) is 0 Å². The smallest absolute Gasteiger partial charge is 0.314 e. The summed E-state index contributed by atoms with van der Waals surface area (Å²) >= 11 is 5.90. The van der Waals surface area contributed by atoms with Gasteiger partial charge in [-0.2, -0.15) is 9.78 Å². The van der Waals surface area contributed by atoms with Gasteiger partial charge in [-0.15, -0.1) is 0 Å². The minimum absolute atomic E-state index is 0.0233. The molecule has 0 aliphatic rings. The summed E-state index contributed by atoms with van der Waals surface area (Å²) in [6.07, 6.45) is 2.56. The average molecular weight is 523 g/mol. The van der Waals surface area contributed by atoms with E-state index in [1.54, 1.807) is 12.1 Å². The molecule has 0 unspecified atom stereocenters. The Morgan fingerprint density at radius 1 is 1.11 bits per heavy atom. The lowest BCUT2D eigenvalue weighted by molar-refractivity contribution is -0.0258. The molecular weight excluding hydrogens is 495 g/mol. The molecule has 35 heavy (non-hydrogen) atoms. The molecular formula is C25H28ClFN2O5S. The third kappa shape index (κ3) is 6.90. The number of halogens is 2. The van der Waals surface area contributed by atoms with Crippen LogP contribution in [0.2, 0.25) is 5.02 Å². The van der Waals surface area contributed by atoms with Gasteiger partial charge in [-0.3, -0.25) is 4.79 Å². The summed E-state index contributed by atoms with van der Waals surface area (Å²) in [5.41, 5.74) is 0.338. The van der Waals surface area contributed by atoms with Crippen LogP contribution in [-0.2, 0) is 14.6 Å². The standard InChI is InChI=1S/C25H28ClFN2O5S/c1-16(15-34-25(2,3)4)14-33-23-20(17-6-9-19(10-7-17)35(5,31)32)13-28-29(24(23)30)18-8-11-22(27)21(26)12-18/h6-13,16H,14-15H2,1-5H3/t16-/m0/s1. The highest BCUT2D eigenvalue weighted by atomic mass is 35.5. The highest BCUT2D eigenvalue weighted by Crippen LogP contribution is 2.29. The molecule has 0 saturated heterocycles. The van der Waals surface area contributed by atoms with E-state index < -0.39 is 21.2 Å². The molecule has 0 bridgehead atoms. The molecule has 0 N–H and O–H groups in total. The largest absolute Gasteiger partial charge is 0.487 e. The lowest BCUT2D eigenvalue weighted by atomic mass is 10.1. The van der Waals surface area contributed by atoms with Gasteiger partial charge in [-0.05, 0) is 56.7 Å². The van der Waals surface area contributed by atoms with Crippen molar-refractivity contribution in [1.29, 1.82) is 0 Å². The maximum absolute atomic E-state index is 13.6. The normalized spacial score (nSPS) is 13.0. The Bertz CT molecular complexity index is 1370. The summed E-state index contributed by atoms with van der Waals surface area (Å²) < 4.78 is 50.2. The van der Waals surface area contributed by atoms with Gasteiger partial charge in [0.15, 0.2) is 15.6 Å². The second kappa shape index (κ2) is 10.5. The maximum Gasteiger partial charge on any atom is 0.314 e. The number of rotatable bonds is 8. The van der Waals surface area contributed by atoms with Crippen molar-refractivity contribution in [3.63, 3.8) is 0 Å². The zero-order valence-corrected chi connectivity index (χ0v) is 21.8. The summed E-state index contributed by atoms with van der Waals surface area (Å²) in [4.78, 5) is 13.6. The molecule has 0 spiro atoms. The third-order valence-corrected chi connectivity index (χ3v) is 6.41. The number of ether oxygens (including phenoxy) is 2. The van der Waals surface area contributed by atoms with E-state index in [1.165, 1.54) is 30.5 Å². The highest BCUT2D eigenvalue weighted by molar-refractivity contribution is 7.90. The van der Waals surface area contributed by atoms with E-state index in [1.807, 2.05) is 27.7 Å². The first-order chi connectivity index (χ1) is 16.3. The van der Waals surface area contributed by atoms with Crippen LogP contribution in [0.3, 0.4) is 0 Å². The Hall–Kier alpha value is -2.75. The first-order valence-corrected chi connectivity index (χ1v) is 13.2. The van der Waals surface area contributed by atoms with Gasteiger partial charge in [-0.1, -0.05) is 30.7 Å². The summed E-state index contributed by atoms with van der Waals surface area (Å²) in [5.74, 6) is -0.624. The van der Waals surface area contributed by atoms with Crippen molar-refractivity contribution in [2.45, 2.75) is 38.2 Å². The van der Waals surface area contributed by atoms with Crippen LogP contribution in [0.4, 0.5) is 4.39 Å². The molecule has 2 aromatic carbocycles. The SMILES string of the molecule is C[C@@H](COc1c(-c2ccc(S(C)(=O)=O)cc2)cnn(-c2ccc(F)c(Cl)c2)c1=O)COC(C)(C)C. The van der Waals surface area contributed by atoms with Crippen LogP contribution in [0.5, 0.6) is 5.75 Å². The highest BCUT2D eigenvalue weighted by Gasteiger charge is 2.19. The van der Waals surface area contributed by atoms with Crippen molar-refractivity contribution < 1.29 is 22.3 Å². The Morgan fingerprint density at radius 3 is 2.34 bits per heavy atom. The van der Waals surface area contributed by atoms with Crippen molar-refractivity contribution in [2.24, 2.45) is 5.92 Å². The molecule has 10 heteroatoms. The zero-order valence-electron chi connectivity index (χ0n) is 20.2. The van der Waals surface area contributed by atoms with E-state index in [0.717, 1.165) is 17.0 Å². The van der Waals surface area contributed by atoms with E-state index in [0.29, 0.717) is 17.7 Å². The van der Waals surface area contributed by atoms with E-state index in [-0.39, 0.29) is 39.5 Å². The number of hydrogen-bond donors (Lipinski definition) is 0. The van der Waals surface area contributed by atoms with Crippen LogP contribution < -0.4 is 10.3 Å². The summed E-state index contributed by atoms with van der Waals surface area (Å²) in [6, 6.07) is 9.93. The van der Waals surface area contributed by atoms with E-state index in [2.05, 4.69) is 5.10 Å². The molecule has 0 saturated carbocycles. The van der Waals surface area contributed by atoms with Gasteiger partial charge >= 0.3 is 5.56 Å². The average Bonchev–Trinajstić information content (AvgIpc) is 2.77. The lowest BCUT2D eigenvalue weighted by Gasteiger charge is -2.23. The Morgan fingerprint density at radius 2 is 1.77 bits per heavy atom. The van der Waals surface area contributed by atoms with E-state index in [9.17, 15) is 17.6 Å². The lowest BCUT2D eigenvalue weighted by Crippen LogP contribution is -2.27. The molecule has 0 radical (unpaired) electrons. The second-order valence-electron chi connectivity index (χ2n) is 9.34. The number of sulfone groups is 1. The Kier molecular flexibility index (Phi) is 8.03. The van der Waals surface area contributed by atoms with Crippen molar-refractivity contribution in [3.05, 3.63) is 69.9 Å². The van der Waals surface area contributed by atoms with Crippen LogP contribution >= 0.6 is 11.6 Å². The van der Waals surface area contributed by atoms with Gasteiger partial charge in [-0.25, -0.2) is 12.8 Å². The predicted molar refractivity (Wildman–Crippen MR) is 134 cm³/mol. The van der Waals surface area contributed by atoms with Gasteiger partial charge in [0.1, 0.15) is 5.82 Å². The molecule has 1 heterocycles. The minimum Gasteiger partial charge on any atom is -0.487 e. The van der Waals surface area contributed by atoms with Crippen LogP contribution in [0.25, 0.3) is 16.8 Å². The van der Waals surface area contributed by atoms with Crippen LogP contribution in [0, 0.1) is 11.7 Å². The quantitative estimate of drug-likeness (QED) is 0.417. The van der Waals surface area contributed by atoms with Crippen LogP contribution in [-0.4, -0.2) is 43.3 Å². The third-order valence-electron chi connectivity index (χ3n) is 4.99. The number of hydrogen-bond acceptors (Lipinski definition) is 6. The molecule has 1 atom stereocenters. The first-order valence-electron chi connectivity index (χ1n) is 10.9. The Labute approximate surface area is 209 Å². The molecule has 188 valence electrons. The van der Waals surface area contributed by atoms with Crippen molar-refractivity contribution in [1.82, 2.24) is 9.78 Å². The molecule has 0 aliphatic heterocycles. The molecule has 0 amide bonds. The fraction of sp³-hybridized carbons (Fsp3) is 0.360. The van der Waals surface area contributed by atoms with Crippen LogP contribution in [0.1, 0.15) is 27.7 Å².